The Morgan fingerprint density at radius 2 is 2.00 bits per heavy atom. The molecule has 0 saturated heterocycles. The van der Waals surface area contributed by atoms with Gasteiger partial charge in [-0.2, -0.15) is 10.4 Å². The first kappa shape index (κ1) is 24.6. The maximum Gasteiger partial charge on any atom is 0.307 e. The summed E-state index contributed by atoms with van der Waals surface area (Å²) in [5.74, 6) is 1.03. The van der Waals surface area contributed by atoms with Crippen LogP contribution in [0.1, 0.15) is 34.2 Å². The van der Waals surface area contributed by atoms with Gasteiger partial charge in [0, 0.05) is 10.9 Å². The monoisotopic (exact) mass is 503 g/mol. The van der Waals surface area contributed by atoms with Crippen molar-refractivity contribution >= 4 is 34.7 Å². The fourth-order valence-electron chi connectivity index (χ4n) is 3.47. The Labute approximate surface area is 212 Å². The predicted octanol–water partition coefficient (Wildman–Crippen LogP) is 5.71. The van der Waals surface area contributed by atoms with E-state index in [2.05, 4.69) is 16.6 Å². The van der Waals surface area contributed by atoms with Crippen LogP contribution in [-0.4, -0.2) is 25.8 Å². The molecule has 0 bridgehead atoms. The average molecular weight is 504 g/mol. The fourth-order valence-corrected chi connectivity index (χ4v) is 3.74. The standard InChI is InChI=1S/C27H22ClN3O5/c1-3-34-21-8-9-23-20(12-21)13-25(36-23)27(32)31-30-15-17-10-22(28)26(24(11-17)33-2)35-16-19-7-5-4-6-18(19)14-29/h4-13,15H,3,16H2,1-2H3,(H,31,32)/b30-15+. The third kappa shape index (κ3) is 5.59. The van der Waals surface area contributed by atoms with Crippen molar-refractivity contribution in [3.05, 3.63) is 88.1 Å². The van der Waals surface area contributed by atoms with Gasteiger partial charge in [-0.1, -0.05) is 29.8 Å². The predicted molar refractivity (Wildman–Crippen MR) is 136 cm³/mol. The first-order valence-corrected chi connectivity index (χ1v) is 11.4. The Morgan fingerprint density at radius 3 is 2.78 bits per heavy atom. The van der Waals surface area contributed by atoms with E-state index in [-0.39, 0.29) is 12.4 Å². The van der Waals surface area contributed by atoms with Crippen LogP contribution in [0.4, 0.5) is 0 Å². The molecule has 36 heavy (non-hydrogen) atoms. The molecule has 4 aromatic rings. The molecule has 1 amide bonds. The number of fused-ring (bicyclic) bond motifs is 1. The molecular formula is C27H22ClN3O5. The second-order valence-corrected chi connectivity index (χ2v) is 7.94. The number of halogens is 1. The van der Waals surface area contributed by atoms with Crippen molar-refractivity contribution in [3.63, 3.8) is 0 Å². The summed E-state index contributed by atoms with van der Waals surface area (Å²) < 4.78 is 22.3. The van der Waals surface area contributed by atoms with Crippen LogP contribution in [0, 0.1) is 11.3 Å². The van der Waals surface area contributed by atoms with E-state index in [0.717, 1.165) is 10.9 Å². The molecule has 0 spiro atoms. The smallest absolute Gasteiger partial charge is 0.307 e. The van der Waals surface area contributed by atoms with Crippen molar-refractivity contribution in [1.29, 1.82) is 5.26 Å². The number of nitrogens with one attached hydrogen (secondary N) is 1. The zero-order valence-corrected chi connectivity index (χ0v) is 20.3. The summed E-state index contributed by atoms with van der Waals surface area (Å²) in [6.45, 7) is 2.59. The lowest BCUT2D eigenvalue weighted by Crippen LogP contribution is -2.16. The Morgan fingerprint density at radius 1 is 1.17 bits per heavy atom. The second-order valence-electron chi connectivity index (χ2n) is 7.53. The second kappa shape index (κ2) is 11.3. The molecule has 0 fully saturated rings. The summed E-state index contributed by atoms with van der Waals surface area (Å²) in [6, 6.07) is 19.5. The Balaban J connectivity index is 1.44. The average Bonchev–Trinajstić information content (AvgIpc) is 3.32. The number of methoxy groups -OCH3 is 1. The van der Waals surface area contributed by atoms with Gasteiger partial charge in [0.1, 0.15) is 17.9 Å². The molecule has 0 unspecified atom stereocenters. The van der Waals surface area contributed by atoms with Crippen LogP contribution in [0.15, 0.2) is 70.2 Å². The maximum atomic E-state index is 12.5. The van der Waals surface area contributed by atoms with Crippen LogP contribution in [-0.2, 0) is 6.61 Å². The Kier molecular flexibility index (Phi) is 7.73. The number of amides is 1. The maximum absolute atomic E-state index is 12.5. The zero-order valence-electron chi connectivity index (χ0n) is 19.6. The van der Waals surface area contributed by atoms with Gasteiger partial charge in [0.05, 0.1) is 36.6 Å². The molecule has 0 radical (unpaired) electrons. The lowest BCUT2D eigenvalue weighted by Gasteiger charge is -2.14. The quantitative estimate of drug-likeness (QED) is 0.232. The molecule has 1 heterocycles. The minimum atomic E-state index is -0.505. The molecule has 9 heteroatoms. The van der Waals surface area contributed by atoms with Gasteiger partial charge in [0.25, 0.3) is 0 Å². The molecule has 0 aliphatic rings. The van der Waals surface area contributed by atoms with E-state index in [1.165, 1.54) is 13.3 Å². The van der Waals surface area contributed by atoms with Crippen LogP contribution in [0.2, 0.25) is 5.02 Å². The first-order chi connectivity index (χ1) is 17.5. The van der Waals surface area contributed by atoms with Crippen LogP contribution in [0.25, 0.3) is 11.0 Å². The number of rotatable bonds is 9. The summed E-state index contributed by atoms with van der Waals surface area (Å²) >= 11 is 6.43. The molecule has 0 saturated carbocycles. The Bertz CT molecular complexity index is 1470. The third-order valence-electron chi connectivity index (χ3n) is 5.16. The Hall–Kier alpha value is -4.48. The van der Waals surface area contributed by atoms with E-state index in [9.17, 15) is 10.1 Å². The zero-order chi connectivity index (χ0) is 25.5. The van der Waals surface area contributed by atoms with Gasteiger partial charge < -0.3 is 18.6 Å². The van der Waals surface area contributed by atoms with Gasteiger partial charge in [-0.15, -0.1) is 0 Å². The van der Waals surface area contributed by atoms with E-state index >= 15 is 0 Å². The fraction of sp³-hybridized carbons (Fsp3) is 0.148. The van der Waals surface area contributed by atoms with E-state index in [1.54, 1.807) is 48.5 Å². The van der Waals surface area contributed by atoms with Crippen LogP contribution >= 0.6 is 11.6 Å². The van der Waals surface area contributed by atoms with Gasteiger partial charge >= 0.3 is 5.91 Å². The van der Waals surface area contributed by atoms with Gasteiger partial charge in [0.15, 0.2) is 17.3 Å². The molecule has 0 aliphatic carbocycles. The normalized spacial score (nSPS) is 10.8. The minimum absolute atomic E-state index is 0.118. The highest BCUT2D eigenvalue weighted by atomic mass is 35.5. The molecular weight excluding hydrogens is 482 g/mol. The van der Waals surface area contributed by atoms with Gasteiger partial charge in [-0.25, -0.2) is 5.43 Å². The van der Waals surface area contributed by atoms with Crippen molar-refractivity contribution in [1.82, 2.24) is 5.43 Å². The summed E-state index contributed by atoms with van der Waals surface area (Å²) in [4.78, 5) is 12.5. The number of carbonyl (C=O) groups excluding carboxylic acids is 1. The van der Waals surface area contributed by atoms with Crippen molar-refractivity contribution in [2.24, 2.45) is 5.10 Å². The van der Waals surface area contributed by atoms with Crippen molar-refractivity contribution in [2.45, 2.75) is 13.5 Å². The first-order valence-electron chi connectivity index (χ1n) is 11.0. The number of hydrogen-bond donors (Lipinski definition) is 1. The molecule has 3 aromatic carbocycles. The summed E-state index contributed by atoms with van der Waals surface area (Å²) in [6.07, 6.45) is 1.43. The molecule has 4 rings (SSSR count). The number of ether oxygens (including phenoxy) is 3. The summed E-state index contributed by atoms with van der Waals surface area (Å²) in [7, 11) is 1.49. The largest absolute Gasteiger partial charge is 0.494 e. The van der Waals surface area contributed by atoms with E-state index < -0.39 is 5.91 Å². The number of nitrogens with zero attached hydrogens (tertiary/aromatic N) is 2. The summed E-state index contributed by atoms with van der Waals surface area (Å²) in [5.41, 5.74) is 4.83. The van der Waals surface area contributed by atoms with E-state index in [0.29, 0.717) is 45.6 Å². The number of hydrogen-bond acceptors (Lipinski definition) is 7. The highest BCUT2D eigenvalue weighted by Gasteiger charge is 2.14. The molecule has 1 aromatic heterocycles. The van der Waals surface area contributed by atoms with E-state index in [1.807, 2.05) is 19.1 Å². The number of nitriles is 1. The minimum Gasteiger partial charge on any atom is -0.494 e. The summed E-state index contributed by atoms with van der Waals surface area (Å²) in [5, 5.41) is 14.3. The van der Waals surface area contributed by atoms with Crippen LogP contribution in [0.3, 0.4) is 0 Å². The van der Waals surface area contributed by atoms with Gasteiger partial charge in [-0.05, 0) is 55.0 Å². The SMILES string of the molecule is CCOc1ccc2oc(C(=O)N/N=C/c3cc(Cl)c(OCc4ccccc4C#N)c(OC)c3)cc2c1. The van der Waals surface area contributed by atoms with Crippen molar-refractivity contribution in [3.8, 4) is 23.3 Å². The van der Waals surface area contributed by atoms with Gasteiger partial charge in [-0.3, -0.25) is 4.79 Å². The topological polar surface area (TPSA) is 106 Å². The van der Waals surface area contributed by atoms with Crippen molar-refractivity contribution in [2.75, 3.05) is 13.7 Å². The van der Waals surface area contributed by atoms with Crippen LogP contribution in [0.5, 0.6) is 17.2 Å². The van der Waals surface area contributed by atoms with Gasteiger partial charge in [0.2, 0.25) is 0 Å². The molecule has 0 aliphatic heterocycles. The van der Waals surface area contributed by atoms with Crippen LogP contribution < -0.4 is 19.6 Å². The van der Waals surface area contributed by atoms with Crippen molar-refractivity contribution < 1.29 is 23.4 Å². The number of hydrazone groups is 1. The van der Waals surface area contributed by atoms with E-state index in [4.69, 9.17) is 30.2 Å². The number of benzene rings is 3. The lowest BCUT2D eigenvalue weighted by molar-refractivity contribution is 0.0929. The molecule has 1 N–H and O–H groups in total. The lowest BCUT2D eigenvalue weighted by atomic mass is 10.1. The third-order valence-corrected chi connectivity index (χ3v) is 5.44. The molecule has 8 nitrogen and oxygen atoms in total. The highest BCUT2D eigenvalue weighted by Crippen LogP contribution is 2.36. The molecule has 0 atom stereocenters. The highest BCUT2D eigenvalue weighted by molar-refractivity contribution is 6.32. The number of furan rings is 1. The number of carbonyl (C=O) groups is 1. The molecule has 182 valence electrons.